The average molecular weight is 296 g/mol. The summed E-state index contributed by atoms with van der Waals surface area (Å²) < 4.78 is 1.54. The maximum absolute atomic E-state index is 11.5. The average Bonchev–Trinajstić information content (AvgIpc) is 3.03. The minimum atomic E-state index is -1.09. The number of aromatic nitrogens is 4. The molecule has 0 unspecified atom stereocenters. The molecule has 0 aromatic carbocycles. The number of aromatic carboxylic acids is 1. The van der Waals surface area contributed by atoms with Gasteiger partial charge in [-0.3, -0.25) is 4.68 Å². The van der Waals surface area contributed by atoms with Crippen LogP contribution in [-0.4, -0.2) is 36.9 Å². The van der Waals surface area contributed by atoms with Gasteiger partial charge in [-0.25, -0.2) is 19.6 Å². The Morgan fingerprint density at radius 2 is 2.15 bits per heavy atom. The first-order chi connectivity index (χ1) is 9.54. The summed E-state index contributed by atoms with van der Waals surface area (Å²) in [5.41, 5.74) is -0.0232. The molecule has 10 heteroatoms. The van der Waals surface area contributed by atoms with Gasteiger partial charge in [0, 0.05) is 12.4 Å². The Morgan fingerprint density at radius 3 is 2.75 bits per heavy atom. The lowest BCUT2D eigenvalue weighted by Gasteiger charge is -2.03. The molecule has 20 heavy (non-hydrogen) atoms. The minimum Gasteiger partial charge on any atom is -0.476 e. The summed E-state index contributed by atoms with van der Waals surface area (Å²) in [6.07, 6.45) is 1.54. The topological polar surface area (TPSA) is 122 Å². The van der Waals surface area contributed by atoms with Crippen molar-refractivity contribution in [2.24, 2.45) is 7.05 Å². The van der Waals surface area contributed by atoms with Crippen molar-refractivity contribution in [3.63, 3.8) is 0 Å². The maximum Gasteiger partial charge on any atom is 0.355 e. The molecule has 2 aromatic heterocycles. The third-order valence-electron chi connectivity index (χ3n) is 2.23. The molecule has 2 aromatic rings. The highest BCUT2D eigenvalue weighted by Gasteiger charge is 2.09. The molecule has 106 valence electrons. The van der Waals surface area contributed by atoms with Gasteiger partial charge in [-0.15, -0.1) is 11.3 Å². The van der Waals surface area contributed by atoms with Crippen LogP contribution in [0.25, 0.3) is 0 Å². The molecule has 0 bridgehead atoms. The lowest BCUT2D eigenvalue weighted by Crippen LogP contribution is -2.34. The van der Waals surface area contributed by atoms with Crippen LogP contribution in [-0.2, 0) is 20.1 Å². The Hall–Kier alpha value is -2.49. The number of nitrogens with zero attached hydrogens (tertiary/aromatic N) is 4. The SMILES string of the molecule is Cn1cnc(CNC(=O)NCc2nc(C(=O)O)cs2)n1. The van der Waals surface area contributed by atoms with Crippen LogP contribution in [0, 0.1) is 0 Å². The number of hydrogen-bond acceptors (Lipinski definition) is 6. The van der Waals surface area contributed by atoms with Gasteiger partial charge < -0.3 is 15.7 Å². The predicted octanol–water partition coefficient (Wildman–Crippen LogP) is -0.0308. The van der Waals surface area contributed by atoms with Crippen molar-refractivity contribution in [3.05, 3.63) is 28.2 Å². The van der Waals surface area contributed by atoms with Crippen molar-refractivity contribution in [1.82, 2.24) is 30.4 Å². The number of thiazole rings is 1. The molecule has 2 amide bonds. The number of carbonyl (C=O) groups excluding carboxylic acids is 1. The zero-order chi connectivity index (χ0) is 14.5. The molecule has 0 radical (unpaired) electrons. The summed E-state index contributed by atoms with van der Waals surface area (Å²) in [5.74, 6) is -0.580. The Labute approximate surface area is 117 Å². The van der Waals surface area contributed by atoms with E-state index in [0.717, 1.165) is 0 Å². The normalized spacial score (nSPS) is 10.2. The smallest absolute Gasteiger partial charge is 0.355 e. The second-order valence-electron chi connectivity index (χ2n) is 3.80. The van der Waals surface area contributed by atoms with Crippen molar-refractivity contribution in [1.29, 1.82) is 0 Å². The van der Waals surface area contributed by atoms with Crippen LogP contribution in [0.4, 0.5) is 4.79 Å². The van der Waals surface area contributed by atoms with Gasteiger partial charge in [0.15, 0.2) is 11.5 Å². The summed E-state index contributed by atoms with van der Waals surface area (Å²) in [5, 5.41) is 19.8. The van der Waals surface area contributed by atoms with Crippen LogP contribution in [0.5, 0.6) is 0 Å². The number of carboxylic acids is 1. The molecule has 0 aliphatic carbocycles. The number of carbonyl (C=O) groups is 2. The van der Waals surface area contributed by atoms with E-state index < -0.39 is 12.0 Å². The van der Waals surface area contributed by atoms with Crippen LogP contribution in [0.2, 0.25) is 0 Å². The number of hydrogen-bond donors (Lipinski definition) is 3. The first-order valence-corrected chi connectivity index (χ1v) is 6.46. The van der Waals surface area contributed by atoms with Gasteiger partial charge in [-0.1, -0.05) is 0 Å². The Balaban J connectivity index is 1.75. The van der Waals surface area contributed by atoms with E-state index in [1.165, 1.54) is 27.7 Å². The van der Waals surface area contributed by atoms with E-state index in [4.69, 9.17) is 5.11 Å². The number of nitrogens with one attached hydrogen (secondary N) is 2. The van der Waals surface area contributed by atoms with Gasteiger partial charge in [0.1, 0.15) is 11.3 Å². The Bertz CT molecular complexity index is 622. The molecule has 9 nitrogen and oxygen atoms in total. The summed E-state index contributed by atoms with van der Waals surface area (Å²) in [7, 11) is 1.74. The second kappa shape index (κ2) is 6.10. The van der Waals surface area contributed by atoms with Gasteiger partial charge in [0.05, 0.1) is 13.1 Å². The van der Waals surface area contributed by atoms with E-state index in [1.807, 2.05) is 0 Å². The highest BCUT2D eigenvalue weighted by atomic mass is 32.1. The van der Waals surface area contributed by atoms with Crippen molar-refractivity contribution in [2.75, 3.05) is 0 Å². The van der Waals surface area contributed by atoms with Crippen molar-refractivity contribution >= 4 is 23.3 Å². The monoisotopic (exact) mass is 296 g/mol. The lowest BCUT2D eigenvalue weighted by atomic mass is 10.5. The summed E-state index contributed by atoms with van der Waals surface area (Å²) in [6, 6.07) is -0.399. The number of amides is 2. The van der Waals surface area contributed by atoms with E-state index in [2.05, 4.69) is 25.7 Å². The molecule has 2 rings (SSSR count). The third kappa shape index (κ3) is 3.75. The van der Waals surface area contributed by atoms with Gasteiger partial charge in [-0.2, -0.15) is 5.10 Å². The number of urea groups is 1. The largest absolute Gasteiger partial charge is 0.476 e. The standard InChI is InChI=1S/C10H12N6O3S/c1-16-5-13-7(15-16)2-11-10(19)12-3-8-14-6(4-20-8)9(17)18/h4-5H,2-3H2,1H3,(H,17,18)(H2,11,12,19). The molecule has 0 atom stereocenters. The van der Waals surface area contributed by atoms with Gasteiger partial charge in [0.2, 0.25) is 0 Å². The quantitative estimate of drug-likeness (QED) is 0.712. The zero-order valence-electron chi connectivity index (χ0n) is 10.5. The zero-order valence-corrected chi connectivity index (χ0v) is 11.3. The fraction of sp³-hybridized carbons (Fsp3) is 0.300. The summed E-state index contributed by atoms with van der Waals surface area (Å²) in [6.45, 7) is 0.379. The van der Waals surface area contributed by atoms with E-state index in [-0.39, 0.29) is 18.8 Å². The van der Waals surface area contributed by atoms with Crippen molar-refractivity contribution in [2.45, 2.75) is 13.1 Å². The van der Waals surface area contributed by atoms with E-state index in [0.29, 0.717) is 10.8 Å². The summed E-state index contributed by atoms with van der Waals surface area (Å²) >= 11 is 1.18. The first kappa shape index (κ1) is 13.9. The van der Waals surface area contributed by atoms with Crippen LogP contribution in [0.15, 0.2) is 11.7 Å². The molecule has 3 N–H and O–H groups in total. The Morgan fingerprint density at radius 1 is 1.40 bits per heavy atom. The number of rotatable bonds is 5. The van der Waals surface area contributed by atoms with Crippen LogP contribution in [0.1, 0.15) is 21.3 Å². The number of carboxylic acid groups (broad SMARTS) is 1. The van der Waals surface area contributed by atoms with E-state index in [1.54, 1.807) is 7.05 Å². The third-order valence-corrected chi connectivity index (χ3v) is 3.07. The van der Waals surface area contributed by atoms with Gasteiger partial charge in [0.25, 0.3) is 0 Å². The Kier molecular flexibility index (Phi) is 4.25. The fourth-order valence-corrected chi connectivity index (χ4v) is 2.04. The molecule has 0 fully saturated rings. The number of aryl methyl sites for hydroxylation is 1. The molecule has 2 heterocycles. The van der Waals surface area contributed by atoms with Crippen molar-refractivity contribution in [3.8, 4) is 0 Å². The second-order valence-corrected chi connectivity index (χ2v) is 4.74. The molecule has 0 aliphatic heterocycles. The summed E-state index contributed by atoms with van der Waals surface area (Å²) in [4.78, 5) is 30.0. The van der Waals surface area contributed by atoms with Gasteiger partial charge in [-0.05, 0) is 0 Å². The molecule has 0 saturated heterocycles. The highest BCUT2D eigenvalue weighted by Crippen LogP contribution is 2.09. The maximum atomic E-state index is 11.5. The van der Waals surface area contributed by atoms with Crippen LogP contribution < -0.4 is 10.6 Å². The fourth-order valence-electron chi connectivity index (χ4n) is 1.33. The van der Waals surface area contributed by atoms with E-state index >= 15 is 0 Å². The van der Waals surface area contributed by atoms with Crippen LogP contribution in [0.3, 0.4) is 0 Å². The lowest BCUT2D eigenvalue weighted by molar-refractivity contribution is 0.0691. The van der Waals surface area contributed by atoms with E-state index in [9.17, 15) is 9.59 Å². The molecular formula is C10H12N6O3S. The highest BCUT2D eigenvalue weighted by molar-refractivity contribution is 7.09. The van der Waals surface area contributed by atoms with Crippen molar-refractivity contribution < 1.29 is 14.7 Å². The molecular weight excluding hydrogens is 284 g/mol. The molecule has 0 spiro atoms. The molecule has 0 aliphatic rings. The minimum absolute atomic E-state index is 0.0232. The van der Waals surface area contributed by atoms with Crippen LogP contribution >= 0.6 is 11.3 Å². The van der Waals surface area contributed by atoms with Gasteiger partial charge >= 0.3 is 12.0 Å². The molecule has 0 saturated carbocycles. The first-order valence-electron chi connectivity index (χ1n) is 5.58. The predicted molar refractivity (Wildman–Crippen MR) is 69.2 cm³/mol.